The van der Waals surface area contributed by atoms with Gasteiger partial charge in [-0.25, -0.2) is 0 Å². The molecule has 0 heterocycles. The molecule has 0 aromatic heterocycles. The SMILES string of the molecule is C[C@H]([NH2+]CC(=O)NCCCc1ccccc1)c1cccc2ccccc12. The molecule has 0 spiro atoms. The number of carbonyl (C=O) groups excluding carboxylic acids is 1. The van der Waals surface area contributed by atoms with Gasteiger partial charge in [0.25, 0.3) is 5.91 Å². The fourth-order valence-corrected chi connectivity index (χ4v) is 3.30. The first kappa shape index (κ1) is 18.2. The number of benzene rings is 3. The highest BCUT2D eigenvalue weighted by Gasteiger charge is 2.13. The maximum Gasteiger partial charge on any atom is 0.275 e. The highest BCUT2D eigenvalue weighted by Crippen LogP contribution is 2.21. The minimum Gasteiger partial charge on any atom is -0.351 e. The zero-order valence-corrected chi connectivity index (χ0v) is 15.3. The Kier molecular flexibility index (Phi) is 6.39. The average Bonchev–Trinajstić information content (AvgIpc) is 2.70. The lowest BCUT2D eigenvalue weighted by atomic mass is 10.00. The fraction of sp³-hybridized carbons (Fsp3) is 0.261. The largest absolute Gasteiger partial charge is 0.351 e. The molecule has 0 radical (unpaired) electrons. The number of carbonyl (C=O) groups is 1. The fourth-order valence-electron chi connectivity index (χ4n) is 3.30. The zero-order valence-electron chi connectivity index (χ0n) is 15.3. The number of rotatable bonds is 8. The molecule has 0 aliphatic rings. The van der Waals surface area contributed by atoms with Crippen LogP contribution < -0.4 is 10.6 Å². The number of amides is 1. The maximum atomic E-state index is 12.1. The summed E-state index contributed by atoms with van der Waals surface area (Å²) in [5, 5.41) is 7.64. The van der Waals surface area contributed by atoms with E-state index in [1.165, 1.54) is 21.9 Å². The first-order chi connectivity index (χ1) is 12.7. The van der Waals surface area contributed by atoms with Crippen molar-refractivity contribution in [3.05, 3.63) is 83.9 Å². The van der Waals surface area contributed by atoms with Crippen LogP contribution in [0.3, 0.4) is 0 Å². The van der Waals surface area contributed by atoms with Gasteiger partial charge in [-0.2, -0.15) is 0 Å². The van der Waals surface area contributed by atoms with E-state index in [2.05, 4.69) is 84.3 Å². The molecular formula is C23H27N2O+. The van der Waals surface area contributed by atoms with Crippen LogP contribution >= 0.6 is 0 Å². The Labute approximate surface area is 155 Å². The molecule has 0 aliphatic heterocycles. The minimum atomic E-state index is 0.102. The van der Waals surface area contributed by atoms with E-state index in [-0.39, 0.29) is 11.9 Å². The molecule has 0 unspecified atom stereocenters. The van der Waals surface area contributed by atoms with Crippen LogP contribution in [-0.4, -0.2) is 19.0 Å². The van der Waals surface area contributed by atoms with E-state index in [0.29, 0.717) is 6.54 Å². The van der Waals surface area contributed by atoms with Crippen molar-refractivity contribution in [3.63, 3.8) is 0 Å². The highest BCUT2D eigenvalue weighted by atomic mass is 16.1. The monoisotopic (exact) mass is 347 g/mol. The Bertz CT molecular complexity index is 840. The smallest absolute Gasteiger partial charge is 0.275 e. The molecule has 3 aromatic rings. The van der Waals surface area contributed by atoms with Gasteiger partial charge < -0.3 is 10.6 Å². The van der Waals surface area contributed by atoms with Gasteiger partial charge in [0.1, 0.15) is 6.04 Å². The van der Waals surface area contributed by atoms with Gasteiger partial charge in [-0.05, 0) is 36.1 Å². The van der Waals surface area contributed by atoms with Crippen molar-refractivity contribution in [1.29, 1.82) is 0 Å². The topological polar surface area (TPSA) is 45.7 Å². The van der Waals surface area contributed by atoms with Gasteiger partial charge in [-0.1, -0.05) is 72.8 Å². The quantitative estimate of drug-likeness (QED) is 0.604. The van der Waals surface area contributed by atoms with Crippen molar-refractivity contribution >= 4 is 16.7 Å². The Morgan fingerprint density at radius 1 is 0.962 bits per heavy atom. The van der Waals surface area contributed by atoms with E-state index < -0.39 is 0 Å². The van der Waals surface area contributed by atoms with Crippen molar-refractivity contribution in [1.82, 2.24) is 5.32 Å². The first-order valence-corrected chi connectivity index (χ1v) is 9.35. The Balaban J connectivity index is 1.43. The van der Waals surface area contributed by atoms with E-state index in [9.17, 15) is 4.79 Å². The molecule has 1 amide bonds. The summed E-state index contributed by atoms with van der Waals surface area (Å²) in [4.78, 5) is 12.1. The summed E-state index contributed by atoms with van der Waals surface area (Å²) >= 11 is 0. The molecule has 3 N–H and O–H groups in total. The molecule has 0 saturated heterocycles. The molecule has 3 nitrogen and oxygen atoms in total. The van der Waals surface area contributed by atoms with Crippen LogP contribution in [0.25, 0.3) is 10.8 Å². The van der Waals surface area contributed by atoms with E-state index >= 15 is 0 Å². The standard InChI is InChI=1S/C23H26N2O/c1-18(21-15-7-13-20-12-5-6-14-22(20)21)25-17-23(26)24-16-8-11-19-9-3-2-4-10-19/h2-7,9-10,12-15,18,25H,8,11,16-17H2,1H3,(H,24,26)/p+1/t18-/m0/s1. The second-order valence-electron chi connectivity index (χ2n) is 6.74. The summed E-state index contributed by atoms with van der Waals surface area (Å²) in [5.74, 6) is 0.102. The lowest BCUT2D eigenvalue weighted by molar-refractivity contribution is -0.682. The molecule has 1 atom stereocenters. The molecule has 0 aliphatic carbocycles. The van der Waals surface area contributed by atoms with Crippen LogP contribution in [0.1, 0.15) is 30.5 Å². The average molecular weight is 347 g/mol. The summed E-state index contributed by atoms with van der Waals surface area (Å²) in [6.45, 7) is 3.34. The summed E-state index contributed by atoms with van der Waals surface area (Å²) < 4.78 is 0. The Morgan fingerprint density at radius 3 is 2.54 bits per heavy atom. The minimum absolute atomic E-state index is 0.102. The number of nitrogens with one attached hydrogen (secondary N) is 1. The van der Waals surface area contributed by atoms with Crippen LogP contribution in [0, 0.1) is 0 Å². The van der Waals surface area contributed by atoms with Crippen molar-refractivity contribution in [2.75, 3.05) is 13.1 Å². The lowest BCUT2D eigenvalue weighted by Crippen LogP contribution is -2.87. The molecule has 3 aromatic carbocycles. The Morgan fingerprint density at radius 2 is 1.69 bits per heavy atom. The van der Waals surface area contributed by atoms with E-state index in [4.69, 9.17) is 0 Å². The van der Waals surface area contributed by atoms with Gasteiger partial charge in [-0.15, -0.1) is 0 Å². The predicted molar refractivity (Wildman–Crippen MR) is 107 cm³/mol. The third-order valence-electron chi connectivity index (χ3n) is 4.78. The van der Waals surface area contributed by atoms with Gasteiger partial charge in [0.2, 0.25) is 0 Å². The molecule has 3 rings (SSSR count). The van der Waals surface area contributed by atoms with Crippen molar-refractivity contribution < 1.29 is 10.1 Å². The summed E-state index contributed by atoms with van der Waals surface area (Å²) in [7, 11) is 0. The van der Waals surface area contributed by atoms with Crippen LogP contribution in [0.2, 0.25) is 0 Å². The van der Waals surface area contributed by atoms with Gasteiger partial charge >= 0.3 is 0 Å². The molecule has 0 saturated carbocycles. The van der Waals surface area contributed by atoms with Crippen LogP contribution in [0.15, 0.2) is 72.8 Å². The number of aryl methyl sites for hydroxylation is 1. The Hall–Kier alpha value is -2.65. The molecule has 0 fully saturated rings. The van der Waals surface area contributed by atoms with Crippen molar-refractivity contribution in [2.45, 2.75) is 25.8 Å². The van der Waals surface area contributed by atoms with E-state index in [1.807, 2.05) is 6.07 Å². The van der Waals surface area contributed by atoms with E-state index in [0.717, 1.165) is 19.4 Å². The second-order valence-corrected chi connectivity index (χ2v) is 6.74. The molecule has 26 heavy (non-hydrogen) atoms. The zero-order chi connectivity index (χ0) is 18.2. The number of fused-ring (bicyclic) bond motifs is 1. The molecule has 134 valence electrons. The number of hydrogen-bond donors (Lipinski definition) is 2. The normalized spacial score (nSPS) is 12.0. The lowest BCUT2D eigenvalue weighted by Gasteiger charge is -2.13. The number of nitrogens with two attached hydrogens (primary N) is 1. The summed E-state index contributed by atoms with van der Waals surface area (Å²) in [6, 6.07) is 25.4. The van der Waals surface area contributed by atoms with E-state index in [1.54, 1.807) is 0 Å². The maximum absolute atomic E-state index is 12.1. The first-order valence-electron chi connectivity index (χ1n) is 9.35. The van der Waals surface area contributed by atoms with Crippen LogP contribution in [0.5, 0.6) is 0 Å². The highest BCUT2D eigenvalue weighted by molar-refractivity contribution is 5.85. The number of hydrogen-bond acceptors (Lipinski definition) is 1. The third kappa shape index (κ3) is 4.93. The molecule has 0 bridgehead atoms. The van der Waals surface area contributed by atoms with Crippen molar-refractivity contribution in [2.24, 2.45) is 0 Å². The van der Waals surface area contributed by atoms with Crippen LogP contribution in [0.4, 0.5) is 0 Å². The van der Waals surface area contributed by atoms with Gasteiger partial charge in [0.15, 0.2) is 6.54 Å². The molecule has 3 heteroatoms. The van der Waals surface area contributed by atoms with Crippen LogP contribution in [-0.2, 0) is 11.2 Å². The van der Waals surface area contributed by atoms with Crippen molar-refractivity contribution in [3.8, 4) is 0 Å². The molecular weight excluding hydrogens is 320 g/mol. The van der Waals surface area contributed by atoms with Gasteiger partial charge in [0.05, 0.1) is 0 Å². The van der Waals surface area contributed by atoms with Gasteiger partial charge in [0, 0.05) is 12.1 Å². The summed E-state index contributed by atoms with van der Waals surface area (Å²) in [6.07, 6.45) is 1.96. The second kappa shape index (κ2) is 9.16. The summed E-state index contributed by atoms with van der Waals surface area (Å²) in [5.41, 5.74) is 2.60. The predicted octanol–water partition coefficient (Wildman–Crippen LogP) is 3.21. The van der Waals surface area contributed by atoms with Gasteiger partial charge in [-0.3, -0.25) is 4.79 Å². The third-order valence-corrected chi connectivity index (χ3v) is 4.78. The number of quaternary nitrogens is 1.